The molecule has 0 unspecified atom stereocenters. The number of rotatable bonds is 0. The summed E-state index contributed by atoms with van der Waals surface area (Å²) in [6, 6.07) is 0. The van der Waals surface area contributed by atoms with E-state index in [-0.39, 0.29) is 18.9 Å². The van der Waals surface area contributed by atoms with Crippen LogP contribution in [-0.2, 0) is 4.79 Å². The molecule has 0 aromatic heterocycles. The first-order valence-corrected chi connectivity index (χ1v) is 4.54. The molecular formula is C7H7Cl2NO3. The van der Waals surface area contributed by atoms with E-state index < -0.39 is 15.8 Å². The van der Waals surface area contributed by atoms with Crippen molar-refractivity contribution in [3.05, 3.63) is 0 Å². The van der Waals surface area contributed by atoms with Crippen LogP contribution in [0.25, 0.3) is 0 Å². The average Bonchev–Trinajstić information content (AvgIpc) is 1.94. The molecule has 1 saturated carbocycles. The Bertz CT molecular complexity index is 296. The molecule has 1 spiro atoms. The maximum absolute atomic E-state index is 11.0. The van der Waals surface area contributed by atoms with Gasteiger partial charge in [0.25, 0.3) is 0 Å². The summed E-state index contributed by atoms with van der Waals surface area (Å²) in [5, 5.41) is 8.58. The fraction of sp³-hybridized carbons (Fsp3) is 0.714. The van der Waals surface area contributed by atoms with Crippen molar-refractivity contribution in [2.24, 2.45) is 5.41 Å². The molecule has 1 aliphatic carbocycles. The van der Waals surface area contributed by atoms with Gasteiger partial charge in [-0.2, -0.15) is 0 Å². The van der Waals surface area contributed by atoms with Gasteiger partial charge < -0.3 is 10.0 Å². The zero-order valence-electron chi connectivity index (χ0n) is 6.59. The topological polar surface area (TPSA) is 57.6 Å². The van der Waals surface area contributed by atoms with E-state index >= 15 is 0 Å². The number of hydrogen-bond donors (Lipinski definition) is 1. The van der Waals surface area contributed by atoms with Gasteiger partial charge in [-0.3, -0.25) is 4.79 Å². The minimum absolute atomic E-state index is 0.208. The molecule has 1 saturated heterocycles. The van der Waals surface area contributed by atoms with Crippen molar-refractivity contribution < 1.29 is 14.7 Å². The van der Waals surface area contributed by atoms with Gasteiger partial charge in [0, 0.05) is 19.5 Å². The van der Waals surface area contributed by atoms with Crippen LogP contribution in [0.1, 0.15) is 6.42 Å². The van der Waals surface area contributed by atoms with E-state index in [1.807, 2.05) is 0 Å². The predicted molar refractivity (Wildman–Crippen MR) is 46.1 cm³/mol. The highest BCUT2D eigenvalue weighted by Gasteiger charge is 2.70. The van der Waals surface area contributed by atoms with Crippen LogP contribution in [0.3, 0.4) is 0 Å². The quantitative estimate of drug-likeness (QED) is 0.627. The molecule has 1 amide bonds. The first kappa shape index (κ1) is 9.09. The average molecular weight is 224 g/mol. The molecule has 13 heavy (non-hydrogen) atoms. The highest BCUT2D eigenvalue weighted by molar-refractivity contribution is 6.61. The van der Waals surface area contributed by atoms with Crippen LogP contribution in [0.4, 0.5) is 4.79 Å². The van der Waals surface area contributed by atoms with Gasteiger partial charge in [0.15, 0.2) is 10.1 Å². The lowest BCUT2D eigenvalue weighted by Crippen LogP contribution is -2.74. The second-order valence-electron chi connectivity index (χ2n) is 3.59. The summed E-state index contributed by atoms with van der Waals surface area (Å²) in [4.78, 5) is 22.7. The maximum atomic E-state index is 11.0. The van der Waals surface area contributed by atoms with Gasteiger partial charge >= 0.3 is 6.09 Å². The number of Topliss-reactive ketones (excluding diaryl/α,β-unsaturated/α-hetero) is 1. The van der Waals surface area contributed by atoms with E-state index in [0.29, 0.717) is 6.42 Å². The van der Waals surface area contributed by atoms with E-state index in [0.717, 1.165) is 0 Å². The molecule has 1 N–H and O–H groups in total. The fourth-order valence-corrected chi connectivity index (χ4v) is 2.35. The highest BCUT2D eigenvalue weighted by Crippen LogP contribution is 2.59. The van der Waals surface area contributed by atoms with E-state index in [9.17, 15) is 9.59 Å². The second-order valence-corrected chi connectivity index (χ2v) is 4.92. The molecule has 0 aromatic rings. The summed E-state index contributed by atoms with van der Waals surface area (Å²) in [5.74, 6) is -0.208. The molecule has 0 radical (unpaired) electrons. The number of likely N-dealkylation sites (tertiary alicyclic amines) is 1. The van der Waals surface area contributed by atoms with E-state index in [2.05, 4.69) is 0 Å². The number of hydrogen-bond acceptors (Lipinski definition) is 2. The molecule has 0 atom stereocenters. The lowest BCUT2D eigenvalue weighted by molar-refractivity contribution is -0.145. The van der Waals surface area contributed by atoms with Gasteiger partial charge in [-0.25, -0.2) is 4.79 Å². The highest BCUT2D eigenvalue weighted by atomic mass is 35.5. The van der Waals surface area contributed by atoms with Gasteiger partial charge in [0.05, 0.1) is 5.41 Å². The normalized spacial score (nSPS) is 28.2. The number of carbonyl (C=O) groups excluding carboxylic acids is 1. The van der Waals surface area contributed by atoms with Crippen molar-refractivity contribution in [1.82, 2.24) is 4.90 Å². The number of nitrogens with zero attached hydrogens (tertiary/aromatic N) is 1. The van der Waals surface area contributed by atoms with Crippen LogP contribution in [0.15, 0.2) is 0 Å². The third kappa shape index (κ3) is 0.929. The van der Waals surface area contributed by atoms with Crippen molar-refractivity contribution in [2.45, 2.75) is 10.8 Å². The molecule has 4 nitrogen and oxygen atoms in total. The lowest BCUT2D eigenvalue weighted by atomic mass is 9.62. The van der Waals surface area contributed by atoms with Crippen LogP contribution < -0.4 is 0 Å². The Morgan fingerprint density at radius 3 is 2.31 bits per heavy atom. The Kier molecular flexibility index (Phi) is 1.61. The molecule has 1 aliphatic heterocycles. The minimum atomic E-state index is -1.36. The Labute approximate surface area is 84.4 Å². The molecule has 0 bridgehead atoms. The Morgan fingerprint density at radius 2 is 2.00 bits per heavy atom. The Morgan fingerprint density at radius 1 is 1.46 bits per heavy atom. The second kappa shape index (κ2) is 2.30. The smallest absolute Gasteiger partial charge is 0.407 e. The van der Waals surface area contributed by atoms with Crippen LogP contribution in [0.5, 0.6) is 0 Å². The van der Waals surface area contributed by atoms with Gasteiger partial charge in [-0.05, 0) is 0 Å². The van der Waals surface area contributed by atoms with Crippen LogP contribution in [0, 0.1) is 5.41 Å². The molecule has 6 heteroatoms. The van der Waals surface area contributed by atoms with Crippen molar-refractivity contribution in [1.29, 1.82) is 0 Å². The first-order valence-electron chi connectivity index (χ1n) is 3.78. The molecule has 72 valence electrons. The van der Waals surface area contributed by atoms with Crippen LogP contribution in [-0.4, -0.2) is 39.3 Å². The Hall–Kier alpha value is -0.480. The standard InChI is InChI=1S/C7H7Cl2NO3/c8-7(9)4(11)1-6(7)2-10(3-6)5(12)13/h1-3H2,(H,12,13). The molecular weight excluding hydrogens is 217 g/mol. The lowest BCUT2D eigenvalue weighted by Gasteiger charge is -2.59. The van der Waals surface area contributed by atoms with E-state index in [1.54, 1.807) is 0 Å². The Balaban J connectivity index is 2.06. The summed E-state index contributed by atoms with van der Waals surface area (Å²) in [6.07, 6.45) is -0.696. The van der Waals surface area contributed by atoms with Crippen molar-refractivity contribution in [2.75, 3.05) is 13.1 Å². The minimum Gasteiger partial charge on any atom is -0.465 e. The van der Waals surface area contributed by atoms with Crippen molar-refractivity contribution >= 4 is 35.1 Å². The van der Waals surface area contributed by atoms with Crippen molar-refractivity contribution in [3.8, 4) is 0 Å². The van der Waals surface area contributed by atoms with Crippen LogP contribution in [0.2, 0.25) is 0 Å². The number of halogens is 2. The van der Waals surface area contributed by atoms with E-state index in [1.165, 1.54) is 4.90 Å². The molecule has 1 heterocycles. The third-order valence-corrected chi connectivity index (χ3v) is 4.00. The summed E-state index contributed by atoms with van der Waals surface area (Å²) in [7, 11) is 0. The zero-order valence-corrected chi connectivity index (χ0v) is 8.10. The summed E-state index contributed by atoms with van der Waals surface area (Å²) < 4.78 is -1.36. The van der Waals surface area contributed by atoms with Crippen molar-refractivity contribution in [3.63, 3.8) is 0 Å². The van der Waals surface area contributed by atoms with Gasteiger partial charge in [0.1, 0.15) is 0 Å². The fourth-order valence-electron chi connectivity index (χ4n) is 1.85. The van der Waals surface area contributed by atoms with Gasteiger partial charge in [-0.1, -0.05) is 23.2 Å². The summed E-state index contributed by atoms with van der Waals surface area (Å²) in [5.41, 5.74) is -0.508. The molecule has 2 rings (SSSR count). The predicted octanol–water partition coefficient (Wildman–Crippen LogP) is 1.11. The monoisotopic (exact) mass is 223 g/mol. The first-order chi connectivity index (χ1) is 5.89. The molecule has 2 aliphatic rings. The maximum Gasteiger partial charge on any atom is 0.407 e. The number of carboxylic acid groups (broad SMARTS) is 1. The number of amides is 1. The third-order valence-electron chi connectivity index (χ3n) is 2.77. The van der Waals surface area contributed by atoms with E-state index in [4.69, 9.17) is 28.3 Å². The van der Waals surface area contributed by atoms with Crippen LogP contribution >= 0.6 is 23.2 Å². The largest absolute Gasteiger partial charge is 0.465 e. The van der Waals surface area contributed by atoms with Gasteiger partial charge in [-0.15, -0.1) is 0 Å². The number of ketones is 1. The summed E-state index contributed by atoms with van der Waals surface area (Å²) in [6.45, 7) is 0.530. The van der Waals surface area contributed by atoms with Gasteiger partial charge in [0.2, 0.25) is 0 Å². The molecule has 0 aromatic carbocycles. The summed E-state index contributed by atoms with van der Waals surface area (Å²) >= 11 is 11.6. The zero-order chi connectivity index (χ0) is 9.85. The SMILES string of the molecule is O=C(O)N1CC2(CC(=O)C2(Cl)Cl)C1. The number of alkyl halides is 2. The number of carbonyl (C=O) groups is 2. The molecule has 2 fully saturated rings.